The molecule has 42 atom stereocenters. The van der Waals surface area contributed by atoms with Gasteiger partial charge in [-0.1, -0.05) is 245 Å². The van der Waals surface area contributed by atoms with Crippen LogP contribution in [-0.4, -0.2) is 0 Å². The molecule has 0 heteroatoms. The van der Waals surface area contributed by atoms with Gasteiger partial charge >= 0.3 is 0 Å². The van der Waals surface area contributed by atoms with E-state index in [1.165, 1.54) is 272 Å². The Morgan fingerprint density at radius 3 is 0.467 bits per heavy atom. The maximum Gasteiger partial charge on any atom is -0.0321 e. The molecule has 30 fully saturated rings. The van der Waals surface area contributed by atoms with E-state index in [4.69, 9.17) is 0 Å². The van der Waals surface area contributed by atoms with Crippen LogP contribution in [0.2, 0.25) is 0 Å². The van der Waals surface area contributed by atoms with Crippen LogP contribution in [0.4, 0.5) is 0 Å². The first kappa shape index (κ1) is 104. The van der Waals surface area contributed by atoms with Crippen LogP contribution in [0, 0.1) is 272 Å². The van der Waals surface area contributed by atoms with E-state index in [2.05, 4.69) is 0 Å². The monoisotopic (exact) mass is 1690 g/mol. The number of fused-ring (bicyclic) bond motifs is 65. The minimum atomic E-state index is 1.17. The van der Waals surface area contributed by atoms with Crippen molar-refractivity contribution in [1.29, 1.82) is 0 Å². The molecule has 0 aliphatic heterocycles. The predicted molar refractivity (Wildman–Crippen MR) is 541 cm³/mol. The third-order valence-electron chi connectivity index (χ3n) is 44.1. The van der Waals surface area contributed by atoms with Gasteiger partial charge in [0, 0.05) is 0 Å². The van der Waals surface area contributed by atoms with Crippen LogP contribution in [0.25, 0.3) is 0 Å². The molecule has 0 radical (unpaired) electrons. The summed E-state index contributed by atoms with van der Waals surface area (Å²) in [7, 11) is 0. The summed E-state index contributed by atoms with van der Waals surface area (Å²) in [6.45, 7) is 56.0. The second-order valence-electron chi connectivity index (χ2n) is 45.1. The fraction of sp³-hybridized carbons (Fsp3) is 1.00. The fourth-order valence-electron chi connectivity index (χ4n) is 42.5. The van der Waals surface area contributed by atoms with Crippen molar-refractivity contribution in [1.82, 2.24) is 0 Å². The second-order valence-corrected chi connectivity index (χ2v) is 45.1. The Labute approximate surface area is 769 Å². The first-order valence-electron chi connectivity index (χ1n) is 60.5. The average molecular weight is 1690 g/mol. The van der Waals surface area contributed by atoms with E-state index in [0.29, 0.717) is 0 Å². The quantitative estimate of drug-likeness (QED) is 0.212. The maximum atomic E-state index is 2.00. The lowest BCUT2D eigenvalue weighted by Gasteiger charge is -2.49. The van der Waals surface area contributed by atoms with Crippen molar-refractivity contribution >= 4 is 0 Å². The van der Waals surface area contributed by atoms with Crippen molar-refractivity contribution in [2.24, 2.45) is 272 Å². The van der Waals surface area contributed by atoms with Gasteiger partial charge in [-0.3, -0.25) is 0 Å². The highest BCUT2D eigenvalue weighted by Crippen LogP contribution is 2.79. The summed E-state index contributed by atoms with van der Waals surface area (Å²) in [5, 5.41) is 0. The molecule has 0 aromatic carbocycles. The molecule has 714 valence electrons. The van der Waals surface area contributed by atoms with Gasteiger partial charge in [-0.15, -0.1) is 0 Å². The normalized spacial score (nSPS) is 50.9. The Morgan fingerprint density at radius 2 is 0.238 bits per heavy atom. The molecule has 30 aliphatic carbocycles. The van der Waals surface area contributed by atoms with Crippen molar-refractivity contribution < 1.29 is 0 Å². The van der Waals surface area contributed by atoms with Crippen LogP contribution < -0.4 is 0 Å². The summed E-state index contributed by atoms with van der Waals surface area (Å²) in [5.74, 6) is 55.9. The van der Waals surface area contributed by atoms with Crippen LogP contribution in [0.5, 0.6) is 0 Å². The van der Waals surface area contributed by atoms with Crippen molar-refractivity contribution in [3.05, 3.63) is 0 Å². The Kier molecular flexibility index (Phi) is 43.0. The van der Waals surface area contributed by atoms with Gasteiger partial charge in [0.15, 0.2) is 0 Å². The van der Waals surface area contributed by atoms with Crippen LogP contribution >= 0.6 is 0 Å². The van der Waals surface area contributed by atoms with E-state index in [-0.39, 0.29) is 0 Å². The van der Waals surface area contributed by atoms with Gasteiger partial charge in [-0.25, -0.2) is 0 Å². The average Bonchev–Trinajstić information content (AvgIpc) is 1.52. The molecule has 30 saturated carbocycles. The van der Waals surface area contributed by atoms with Crippen LogP contribution in [0.1, 0.15) is 502 Å². The Hall–Kier alpha value is 0. The molecule has 0 heterocycles. The van der Waals surface area contributed by atoms with E-state index >= 15 is 0 Å². The summed E-state index contributed by atoms with van der Waals surface area (Å²) in [6.07, 6.45) is 77.4. The molecule has 42 unspecified atom stereocenters. The lowest BCUT2D eigenvalue weighted by Crippen LogP contribution is -2.42. The van der Waals surface area contributed by atoms with Gasteiger partial charge in [-0.05, 0) is 529 Å². The molecule has 0 aromatic rings. The third kappa shape index (κ3) is 19.4. The molecule has 0 spiro atoms. The molecular weight excluding hydrogens is 1470 g/mol. The highest BCUT2D eigenvalue weighted by Gasteiger charge is 2.72. The minimum Gasteiger partial charge on any atom is -0.0683 e. The van der Waals surface area contributed by atoms with Gasteiger partial charge in [-0.2, -0.15) is 0 Å². The van der Waals surface area contributed by atoms with Crippen LogP contribution in [-0.2, 0) is 0 Å². The lowest BCUT2D eigenvalue weighted by molar-refractivity contribution is -0.00279. The molecule has 30 rings (SSSR count). The standard InChI is InChI=1S/C17H24.C15H22.C15H24.C14H20.C12H18.C11H18.C10H16.14C2H6/c1-2-9-5-8(1)14-12-7-13(15(9)14)17-11-4-3-10(6-11)16(12)17;1-2-10-11(3-1)13-7-12(10)14-8-4-5-9(6-8)15(13)14;1-2-4-11-9-15-13-6-5-12(7-13)14(15)8-10(11)3-1;1-2-8-5-7(1)13-11-6-12(14(8)13)10-4-3-9(10)11;1-2-8-5-7(1)11-9-3-4-10(6-9)12(8)11;1-2-4-11-9-6-5-8(7-9)10(11)3-1;1-2-9-7-4-5-8(6-7)10(9)3-1;14*1-2/h8-17H,1-7H2;8-15H,1-7H2;10-15H,1-9H2;7-14H,1-6H2;7-12H,1-6H2;8-11H,1-7H2;7-10H,1-6H2;14*1-2H3. The third-order valence-corrected chi connectivity index (χ3v) is 44.1. The van der Waals surface area contributed by atoms with Gasteiger partial charge in [0.1, 0.15) is 0 Å². The van der Waals surface area contributed by atoms with E-state index in [1.54, 1.807) is 308 Å². The van der Waals surface area contributed by atoms with Gasteiger partial charge < -0.3 is 0 Å². The number of rotatable bonds is 0. The maximum absolute atomic E-state index is 2.00. The van der Waals surface area contributed by atoms with E-state index in [9.17, 15) is 0 Å². The van der Waals surface area contributed by atoms with E-state index in [0.717, 1.165) is 0 Å². The highest BCUT2D eigenvalue weighted by atomic mass is 14.8. The Bertz CT molecular complexity index is 2580. The van der Waals surface area contributed by atoms with Crippen molar-refractivity contribution in [2.45, 2.75) is 502 Å². The fourth-order valence-corrected chi connectivity index (χ4v) is 42.5. The van der Waals surface area contributed by atoms with Gasteiger partial charge in [0.05, 0.1) is 0 Å². The molecule has 122 heavy (non-hydrogen) atoms. The van der Waals surface area contributed by atoms with E-state index < -0.39 is 0 Å². The van der Waals surface area contributed by atoms with Gasteiger partial charge in [0.2, 0.25) is 0 Å². The molecule has 0 N–H and O–H groups in total. The SMILES string of the molecule is C1CC2C(C1)C1CC2C2C3CCC(C3)C12.C1CC2C3CCC(C3)C2C1.C1CC2CC1C1C3CC(C21)C1C2CCC(C2)C31.C1CC2CC1C1C3CC(C4CCC43)C21.C1CC2CC1C1C3CCC(C3)C21.C1CCC2C3CCC(C3)C2C1.C1CCC2CC3C4CCC(C4)C3CC2C1.CC.CC.CC.CC.CC.CC.CC.CC.CC.CC.CC.CC.CC.CC. The first-order chi connectivity index (χ1) is 60.5. The van der Waals surface area contributed by atoms with E-state index in [1.807, 2.05) is 194 Å². The Balaban J connectivity index is 0.000000143. The zero-order valence-corrected chi connectivity index (χ0v) is 88.5. The molecule has 24 bridgehead atoms. The summed E-state index contributed by atoms with van der Waals surface area (Å²) in [4.78, 5) is 0. The predicted octanol–water partition coefficient (Wildman–Crippen LogP) is 38.7. The number of hydrogen-bond donors (Lipinski definition) is 0. The molecule has 0 nitrogen and oxygen atoms in total. The van der Waals surface area contributed by atoms with Crippen molar-refractivity contribution in [3.8, 4) is 0 Å². The molecular formula is C122H226. The lowest BCUT2D eigenvalue weighted by atomic mass is 9.56. The highest BCUT2D eigenvalue weighted by molar-refractivity contribution is 5.20. The van der Waals surface area contributed by atoms with Crippen LogP contribution in [0.3, 0.4) is 0 Å². The molecule has 0 saturated heterocycles. The molecule has 0 aromatic heterocycles. The van der Waals surface area contributed by atoms with Gasteiger partial charge in [0.25, 0.3) is 0 Å². The van der Waals surface area contributed by atoms with Crippen LogP contribution in [0.15, 0.2) is 0 Å². The Morgan fingerprint density at radius 1 is 0.0820 bits per heavy atom. The summed E-state index contributed by atoms with van der Waals surface area (Å²) in [5.41, 5.74) is 0. The summed E-state index contributed by atoms with van der Waals surface area (Å²) >= 11 is 0. The zero-order valence-electron chi connectivity index (χ0n) is 88.5. The smallest absolute Gasteiger partial charge is 0.0321 e. The second kappa shape index (κ2) is 50.4. The minimum absolute atomic E-state index is 1.17. The molecule has 0 amide bonds. The number of hydrogen-bond acceptors (Lipinski definition) is 0. The summed E-state index contributed by atoms with van der Waals surface area (Å²) in [6, 6.07) is 0. The summed E-state index contributed by atoms with van der Waals surface area (Å²) < 4.78 is 0. The first-order valence-corrected chi connectivity index (χ1v) is 60.5. The molecule has 30 aliphatic rings. The van der Waals surface area contributed by atoms with Crippen molar-refractivity contribution in [2.75, 3.05) is 0 Å². The topological polar surface area (TPSA) is 0 Å². The van der Waals surface area contributed by atoms with Crippen molar-refractivity contribution in [3.63, 3.8) is 0 Å². The largest absolute Gasteiger partial charge is 0.0683 e. The zero-order chi connectivity index (χ0) is 88.5.